The first-order chi connectivity index (χ1) is 14.5. The van der Waals surface area contributed by atoms with Gasteiger partial charge >= 0.3 is 0 Å². The molecule has 1 aliphatic heterocycles. The van der Waals surface area contributed by atoms with Gasteiger partial charge in [0.1, 0.15) is 23.3 Å². The maximum absolute atomic E-state index is 10.0. The molecule has 0 bridgehead atoms. The number of nitrogens with zero attached hydrogens (tertiary/aromatic N) is 2. The number of phenolic OH excluding ortho intramolecular Hbond substituents is 1. The molecule has 5 rings (SSSR count). The van der Waals surface area contributed by atoms with E-state index in [9.17, 15) is 5.11 Å². The summed E-state index contributed by atoms with van der Waals surface area (Å²) >= 11 is 0. The van der Waals surface area contributed by atoms with Gasteiger partial charge in [0, 0.05) is 38.3 Å². The summed E-state index contributed by atoms with van der Waals surface area (Å²) in [4.78, 5) is 9.29. The first-order valence-electron chi connectivity index (χ1n) is 10.5. The molecule has 0 spiro atoms. The van der Waals surface area contributed by atoms with Crippen LogP contribution in [0.3, 0.4) is 0 Å². The molecular weight excluding hydrogens is 571 g/mol. The predicted molar refractivity (Wildman–Crippen MR) is 116 cm³/mol. The number of benzene rings is 2. The number of rotatable bonds is 3. The summed E-state index contributed by atoms with van der Waals surface area (Å²) in [5, 5.41) is 10.9. The van der Waals surface area contributed by atoms with Gasteiger partial charge in [-0.1, -0.05) is 37.6 Å². The molecule has 2 aliphatic rings. The van der Waals surface area contributed by atoms with Crippen molar-refractivity contribution in [1.82, 2.24) is 4.98 Å². The van der Waals surface area contributed by atoms with Crippen molar-refractivity contribution in [3.63, 3.8) is 0 Å². The van der Waals surface area contributed by atoms with Crippen molar-refractivity contribution >= 4 is 16.8 Å². The fraction of sp³-hybridized carbons (Fsp3) is 0.360. The van der Waals surface area contributed by atoms with Crippen LogP contribution in [0.5, 0.6) is 17.4 Å². The summed E-state index contributed by atoms with van der Waals surface area (Å²) in [6, 6.07) is 18.1. The molecule has 3 aromatic rings. The Balaban J connectivity index is 0.00000231. The van der Waals surface area contributed by atoms with Gasteiger partial charge in [-0.2, -0.15) is 0 Å². The van der Waals surface area contributed by atoms with Crippen molar-refractivity contribution in [2.75, 3.05) is 0 Å². The van der Waals surface area contributed by atoms with Gasteiger partial charge in [0.2, 0.25) is 5.88 Å². The van der Waals surface area contributed by atoms with E-state index in [1.54, 1.807) is 18.2 Å². The molecule has 0 radical (unpaired) electrons. The summed E-state index contributed by atoms with van der Waals surface area (Å²) in [5.41, 5.74) is 1.67. The molecule has 1 N–H and O–H groups in total. The van der Waals surface area contributed by atoms with Gasteiger partial charge in [0.25, 0.3) is 0 Å². The fourth-order valence-electron chi connectivity index (χ4n) is 4.23. The first-order valence-corrected chi connectivity index (χ1v) is 10.5. The molecule has 1 saturated carbocycles. The van der Waals surface area contributed by atoms with Crippen LogP contribution in [0.25, 0.3) is 10.9 Å². The smallest absolute Gasteiger partial charge is 0.217 e. The molecular formula is C25H25N2O3Pt-. The van der Waals surface area contributed by atoms with E-state index < -0.39 is 0 Å². The number of pyridine rings is 1. The van der Waals surface area contributed by atoms with E-state index in [0.717, 1.165) is 30.2 Å². The van der Waals surface area contributed by atoms with Crippen molar-refractivity contribution in [3.8, 4) is 17.4 Å². The molecule has 2 aromatic carbocycles. The van der Waals surface area contributed by atoms with Gasteiger partial charge in [-0.15, -0.1) is 18.2 Å². The standard InChI is InChI=1S/C25H25N2O3.Pt/c1-25(2)13-11-19-21(12-14-25)30-24(26-19)17-6-3-7-18(15-17)29-22-10-9-16-5-4-8-20(28)23(16)27-22;/h3-10,19,21,28H,11-14H2,1-2H3;/q-1;/t19-,21+;/m0./s1. The molecule has 0 unspecified atom stereocenters. The Hall–Kier alpha value is -2.39. The van der Waals surface area contributed by atoms with Crippen molar-refractivity contribution in [3.05, 3.63) is 60.2 Å². The van der Waals surface area contributed by atoms with Crippen LogP contribution >= 0.6 is 0 Å². The Morgan fingerprint density at radius 2 is 1.87 bits per heavy atom. The maximum Gasteiger partial charge on any atom is 0.217 e. The Morgan fingerprint density at radius 3 is 2.74 bits per heavy atom. The molecule has 6 heteroatoms. The number of hydrogen-bond donors (Lipinski definition) is 1. The van der Waals surface area contributed by atoms with E-state index in [0.29, 0.717) is 28.5 Å². The Bertz CT molecular complexity index is 1130. The van der Waals surface area contributed by atoms with E-state index >= 15 is 0 Å². The number of aliphatic imine (C=N–C) groups is 1. The Labute approximate surface area is 196 Å². The summed E-state index contributed by atoms with van der Waals surface area (Å²) < 4.78 is 12.1. The Kier molecular flexibility index (Phi) is 6.07. The molecule has 0 saturated heterocycles. The normalized spacial score (nSPS) is 21.9. The van der Waals surface area contributed by atoms with E-state index in [1.807, 2.05) is 30.3 Å². The number of ether oxygens (including phenoxy) is 2. The monoisotopic (exact) mass is 596 g/mol. The van der Waals surface area contributed by atoms with Crippen LogP contribution in [0.2, 0.25) is 0 Å². The molecule has 2 atom stereocenters. The molecule has 164 valence electrons. The molecule has 1 fully saturated rings. The molecule has 5 nitrogen and oxygen atoms in total. The van der Waals surface area contributed by atoms with Gasteiger partial charge in [0.05, 0.1) is 6.04 Å². The largest absolute Gasteiger partial charge is 0.515 e. The fourth-order valence-corrected chi connectivity index (χ4v) is 4.23. The average molecular weight is 597 g/mol. The van der Waals surface area contributed by atoms with E-state index in [4.69, 9.17) is 14.5 Å². The van der Waals surface area contributed by atoms with Gasteiger partial charge in [0.15, 0.2) is 0 Å². The number of para-hydroxylation sites is 1. The van der Waals surface area contributed by atoms with Crippen LogP contribution in [-0.4, -0.2) is 28.1 Å². The third kappa shape index (κ3) is 4.62. The van der Waals surface area contributed by atoms with Crippen molar-refractivity contribution in [2.24, 2.45) is 10.4 Å². The van der Waals surface area contributed by atoms with E-state index in [1.165, 1.54) is 6.42 Å². The van der Waals surface area contributed by atoms with Crippen LogP contribution in [0, 0.1) is 11.5 Å². The minimum Gasteiger partial charge on any atom is -0.515 e. The summed E-state index contributed by atoms with van der Waals surface area (Å²) in [6.07, 6.45) is 4.57. The minimum absolute atomic E-state index is 0. The average Bonchev–Trinajstić information content (AvgIpc) is 3.09. The van der Waals surface area contributed by atoms with Gasteiger partial charge in [-0.3, -0.25) is 4.99 Å². The zero-order valence-electron chi connectivity index (χ0n) is 17.6. The number of phenols is 1. The molecule has 1 aliphatic carbocycles. The third-order valence-corrected chi connectivity index (χ3v) is 6.08. The zero-order valence-corrected chi connectivity index (χ0v) is 19.8. The van der Waals surface area contributed by atoms with Crippen LogP contribution in [-0.2, 0) is 25.8 Å². The van der Waals surface area contributed by atoms with Crippen molar-refractivity contribution in [2.45, 2.75) is 51.7 Å². The second kappa shape index (κ2) is 8.62. The van der Waals surface area contributed by atoms with Crippen LogP contribution in [0.1, 0.15) is 45.1 Å². The van der Waals surface area contributed by atoms with Crippen LogP contribution in [0.4, 0.5) is 0 Å². The zero-order chi connectivity index (χ0) is 20.7. The maximum atomic E-state index is 10.0. The molecule has 31 heavy (non-hydrogen) atoms. The molecule has 2 heterocycles. The summed E-state index contributed by atoms with van der Waals surface area (Å²) in [7, 11) is 0. The number of aromatic hydroxyl groups is 1. The predicted octanol–water partition coefficient (Wildman–Crippen LogP) is 5.64. The minimum atomic E-state index is 0. The molecule has 1 aromatic heterocycles. The van der Waals surface area contributed by atoms with Crippen molar-refractivity contribution in [1.29, 1.82) is 0 Å². The van der Waals surface area contributed by atoms with Crippen molar-refractivity contribution < 1.29 is 35.6 Å². The van der Waals surface area contributed by atoms with Gasteiger partial charge in [-0.05, 0) is 43.2 Å². The summed E-state index contributed by atoms with van der Waals surface area (Å²) in [5.74, 6) is 1.72. The number of fused-ring (bicyclic) bond motifs is 2. The first kappa shape index (κ1) is 21.8. The van der Waals surface area contributed by atoms with Gasteiger partial charge < -0.3 is 14.6 Å². The number of hydrogen-bond acceptors (Lipinski definition) is 5. The second-order valence-corrected chi connectivity index (χ2v) is 8.93. The van der Waals surface area contributed by atoms with Crippen LogP contribution in [0.15, 0.2) is 53.5 Å². The second-order valence-electron chi connectivity index (χ2n) is 8.93. The van der Waals surface area contributed by atoms with E-state index in [-0.39, 0.29) is 39.0 Å². The van der Waals surface area contributed by atoms with E-state index in [2.05, 4.69) is 24.9 Å². The molecule has 0 amide bonds. The summed E-state index contributed by atoms with van der Waals surface area (Å²) in [6.45, 7) is 4.65. The number of aromatic nitrogens is 1. The Morgan fingerprint density at radius 1 is 1.06 bits per heavy atom. The third-order valence-electron chi connectivity index (χ3n) is 6.08. The SMILES string of the molecule is CC1(C)CC[C@@H]2N=C(c3[c-]c(Oc4ccc5cccc(O)c5n4)ccc3)O[C@@H]2CC1.[Pt]. The van der Waals surface area contributed by atoms with Crippen LogP contribution < -0.4 is 4.74 Å². The van der Waals surface area contributed by atoms with Gasteiger partial charge in [-0.25, -0.2) is 4.98 Å². The topological polar surface area (TPSA) is 63.9 Å². The quantitative estimate of drug-likeness (QED) is 0.398.